The lowest BCUT2D eigenvalue weighted by Gasteiger charge is -2.31. The molecule has 1 saturated heterocycles. The normalized spacial score (nSPS) is 13.2. The molecule has 0 atom stereocenters. The molecule has 1 fully saturated rings. The van der Waals surface area contributed by atoms with Crippen LogP contribution in [0.4, 0.5) is 11.4 Å². The van der Waals surface area contributed by atoms with Gasteiger partial charge in [-0.2, -0.15) is 0 Å². The smallest absolute Gasteiger partial charge is 0.305 e. The number of carboxylic acids is 1. The number of nitrogens with zero attached hydrogens (tertiary/aromatic N) is 2. The summed E-state index contributed by atoms with van der Waals surface area (Å²) >= 11 is 0. The number of benzene rings is 4. The molecule has 8 heteroatoms. The first-order chi connectivity index (χ1) is 22.1. The van der Waals surface area contributed by atoms with Gasteiger partial charge in [-0.15, -0.1) is 0 Å². The fourth-order valence-corrected chi connectivity index (χ4v) is 5.53. The van der Waals surface area contributed by atoms with Crippen LogP contribution in [0.2, 0.25) is 0 Å². The minimum atomic E-state index is -0.959. The Morgan fingerprint density at radius 3 is 2.20 bits per heavy atom. The summed E-state index contributed by atoms with van der Waals surface area (Å²) in [4.78, 5) is 42.0. The van der Waals surface area contributed by atoms with E-state index in [2.05, 4.69) is 31.0 Å². The minimum Gasteiger partial charge on any atom is -0.481 e. The number of carboxylic acid groups (broad SMARTS) is 1. The molecular formula is C38H41N3O5. The predicted molar refractivity (Wildman–Crippen MR) is 181 cm³/mol. The van der Waals surface area contributed by atoms with E-state index in [0.29, 0.717) is 30.0 Å². The molecule has 0 aliphatic carbocycles. The van der Waals surface area contributed by atoms with Crippen LogP contribution >= 0.6 is 0 Å². The van der Waals surface area contributed by atoms with Crippen LogP contribution in [0.3, 0.4) is 0 Å². The summed E-state index contributed by atoms with van der Waals surface area (Å²) in [7, 11) is 0. The Morgan fingerprint density at radius 1 is 0.826 bits per heavy atom. The average Bonchev–Trinajstić information content (AvgIpc) is 3.07. The quantitative estimate of drug-likeness (QED) is 0.201. The summed E-state index contributed by atoms with van der Waals surface area (Å²) in [5.74, 6) is -1.36. The zero-order chi connectivity index (χ0) is 32.7. The van der Waals surface area contributed by atoms with Crippen molar-refractivity contribution < 1.29 is 24.2 Å². The molecule has 1 aliphatic rings. The number of rotatable bonds is 10. The SMILES string of the molecule is CC(C)(C)c1ccc(C(=O)Nc2cc(-c3cccc(CN(CCC(=O)O)C(=O)c4ccccc4)c3)ccc2N2CCOCC2)cc1. The molecule has 0 radical (unpaired) electrons. The van der Waals surface area contributed by atoms with Gasteiger partial charge >= 0.3 is 5.97 Å². The van der Waals surface area contributed by atoms with Crippen molar-refractivity contribution in [3.63, 3.8) is 0 Å². The number of anilines is 2. The van der Waals surface area contributed by atoms with Crippen molar-refractivity contribution in [2.75, 3.05) is 43.1 Å². The van der Waals surface area contributed by atoms with Gasteiger partial charge in [-0.3, -0.25) is 14.4 Å². The van der Waals surface area contributed by atoms with Crippen LogP contribution in [-0.2, 0) is 21.5 Å². The second-order valence-corrected chi connectivity index (χ2v) is 12.5. The van der Waals surface area contributed by atoms with Gasteiger partial charge in [0.25, 0.3) is 11.8 Å². The Hall–Kier alpha value is -4.95. The molecule has 2 amide bonds. The lowest BCUT2D eigenvalue weighted by Crippen LogP contribution is -2.36. The maximum absolute atomic E-state index is 13.5. The largest absolute Gasteiger partial charge is 0.481 e. The van der Waals surface area contributed by atoms with Gasteiger partial charge in [-0.25, -0.2) is 0 Å². The van der Waals surface area contributed by atoms with Crippen LogP contribution in [0, 0.1) is 0 Å². The summed E-state index contributed by atoms with van der Waals surface area (Å²) in [5.41, 5.74) is 6.57. The number of amides is 2. The second kappa shape index (κ2) is 14.4. The van der Waals surface area contributed by atoms with E-state index in [1.807, 2.05) is 72.8 Å². The topological polar surface area (TPSA) is 99.2 Å². The van der Waals surface area contributed by atoms with Crippen molar-refractivity contribution >= 4 is 29.2 Å². The van der Waals surface area contributed by atoms with E-state index in [-0.39, 0.29) is 36.7 Å². The van der Waals surface area contributed by atoms with E-state index in [1.165, 1.54) is 0 Å². The van der Waals surface area contributed by atoms with Crippen molar-refractivity contribution in [1.82, 2.24) is 4.90 Å². The molecule has 8 nitrogen and oxygen atoms in total. The van der Waals surface area contributed by atoms with E-state index in [9.17, 15) is 19.5 Å². The van der Waals surface area contributed by atoms with Gasteiger partial charge in [0, 0.05) is 37.3 Å². The lowest BCUT2D eigenvalue weighted by atomic mass is 9.86. The molecule has 1 heterocycles. The van der Waals surface area contributed by atoms with Gasteiger partial charge in [-0.1, -0.05) is 75.4 Å². The monoisotopic (exact) mass is 619 g/mol. The molecule has 0 aromatic heterocycles. The molecule has 46 heavy (non-hydrogen) atoms. The van der Waals surface area contributed by atoms with Crippen LogP contribution in [0.5, 0.6) is 0 Å². The number of ether oxygens (including phenoxy) is 1. The summed E-state index contributed by atoms with van der Waals surface area (Å²) in [6.45, 7) is 9.46. The van der Waals surface area contributed by atoms with Gasteiger partial charge in [0.1, 0.15) is 0 Å². The Balaban J connectivity index is 1.43. The number of nitrogens with one attached hydrogen (secondary N) is 1. The van der Waals surface area contributed by atoms with Crippen LogP contribution < -0.4 is 10.2 Å². The van der Waals surface area contributed by atoms with Gasteiger partial charge in [-0.05, 0) is 70.1 Å². The first-order valence-electron chi connectivity index (χ1n) is 15.6. The molecule has 1 aliphatic heterocycles. The highest BCUT2D eigenvalue weighted by molar-refractivity contribution is 6.06. The third-order valence-corrected chi connectivity index (χ3v) is 8.15. The molecule has 4 aromatic rings. The summed E-state index contributed by atoms with van der Waals surface area (Å²) in [6, 6.07) is 30.5. The van der Waals surface area contributed by atoms with E-state index in [1.54, 1.807) is 29.2 Å². The van der Waals surface area contributed by atoms with Crippen LogP contribution in [0.25, 0.3) is 11.1 Å². The third kappa shape index (κ3) is 8.20. The number of hydrogen-bond donors (Lipinski definition) is 2. The Labute approximate surface area is 270 Å². The van der Waals surface area contributed by atoms with Gasteiger partial charge in [0.2, 0.25) is 0 Å². The van der Waals surface area contributed by atoms with Crippen LogP contribution in [0.1, 0.15) is 59.0 Å². The molecule has 0 bridgehead atoms. The maximum atomic E-state index is 13.5. The van der Waals surface area contributed by atoms with E-state index in [0.717, 1.165) is 41.0 Å². The van der Waals surface area contributed by atoms with Crippen LogP contribution in [0.15, 0.2) is 97.1 Å². The molecule has 2 N–H and O–H groups in total. The molecule has 0 spiro atoms. The van der Waals surface area contributed by atoms with Crippen LogP contribution in [-0.4, -0.2) is 60.6 Å². The van der Waals surface area contributed by atoms with E-state index >= 15 is 0 Å². The standard InChI is InChI=1S/C38H41N3O5/c1-38(2,3)32-15-12-28(13-16-32)36(44)39-33-25-31(14-17-34(33)40-20-22-46-23-21-40)30-11-7-8-27(24-30)26-41(19-18-35(42)43)37(45)29-9-5-4-6-10-29/h4-17,24-25H,18-23,26H2,1-3H3,(H,39,44)(H,42,43). The molecule has 238 valence electrons. The highest BCUT2D eigenvalue weighted by Crippen LogP contribution is 2.33. The minimum absolute atomic E-state index is 0.0104. The third-order valence-electron chi connectivity index (χ3n) is 8.15. The number of carbonyl (C=O) groups excluding carboxylic acids is 2. The number of morpholine rings is 1. The molecule has 5 rings (SSSR count). The summed E-state index contributed by atoms with van der Waals surface area (Å²) in [5, 5.41) is 12.5. The van der Waals surface area contributed by atoms with Gasteiger partial charge in [0.05, 0.1) is 31.0 Å². The average molecular weight is 620 g/mol. The molecule has 4 aromatic carbocycles. The second-order valence-electron chi connectivity index (χ2n) is 12.5. The van der Waals surface area contributed by atoms with Crippen molar-refractivity contribution in [1.29, 1.82) is 0 Å². The number of aliphatic carboxylic acids is 1. The lowest BCUT2D eigenvalue weighted by molar-refractivity contribution is -0.137. The maximum Gasteiger partial charge on any atom is 0.305 e. The zero-order valence-electron chi connectivity index (χ0n) is 26.7. The fraction of sp³-hybridized carbons (Fsp3) is 0.289. The highest BCUT2D eigenvalue weighted by atomic mass is 16.5. The van der Waals surface area contributed by atoms with Gasteiger partial charge < -0.3 is 25.0 Å². The number of carbonyl (C=O) groups is 3. The fourth-order valence-electron chi connectivity index (χ4n) is 5.53. The zero-order valence-corrected chi connectivity index (χ0v) is 26.7. The van der Waals surface area contributed by atoms with Crippen molar-refractivity contribution in [3.8, 4) is 11.1 Å². The van der Waals surface area contributed by atoms with Gasteiger partial charge in [0.15, 0.2) is 0 Å². The van der Waals surface area contributed by atoms with Crippen molar-refractivity contribution in [3.05, 3.63) is 119 Å². The van der Waals surface area contributed by atoms with Crippen molar-refractivity contribution in [2.24, 2.45) is 0 Å². The predicted octanol–water partition coefficient (Wildman–Crippen LogP) is 6.86. The highest BCUT2D eigenvalue weighted by Gasteiger charge is 2.20. The Kier molecular flexibility index (Phi) is 10.2. The Bertz CT molecular complexity index is 1670. The molecule has 0 unspecified atom stereocenters. The molecular weight excluding hydrogens is 578 g/mol. The van der Waals surface area contributed by atoms with Crippen molar-refractivity contribution in [2.45, 2.75) is 39.2 Å². The first kappa shape index (κ1) is 32.4. The molecule has 0 saturated carbocycles. The first-order valence-corrected chi connectivity index (χ1v) is 15.6. The van der Waals surface area contributed by atoms with E-state index < -0.39 is 5.97 Å². The Morgan fingerprint density at radius 2 is 1.52 bits per heavy atom. The number of hydrogen-bond acceptors (Lipinski definition) is 5. The summed E-state index contributed by atoms with van der Waals surface area (Å²) in [6.07, 6.45) is -0.150. The summed E-state index contributed by atoms with van der Waals surface area (Å²) < 4.78 is 5.57. The van der Waals surface area contributed by atoms with E-state index in [4.69, 9.17) is 4.74 Å².